The van der Waals surface area contributed by atoms with Gasteiger partial charge in [0.15, 0.2) is 17.5 Å². The smallest absolute Gasteiger partial charge is 0.164 e. The zero-order valence-electron chi connectivity index (χ0n) is 33.6. The SMILES string of the molecule is CP(C)(=O)c1ccc(-c2nc(-c3ccccc3)nc(-c3ccc(-c4ccc5nc(-c6ccccc6)c6c(ccc7c6c6ccccc6n7-c6ccccc6)c5c4)cc3)n2)cc1. The molecule has 3 aromatic heterocycles. The summed E-state index contributed by atoms with van der Waals surface area (Å²) in [6.07, 6.45) is 0. The molecule has 0 saturated carbocycles. The zero-order valence-corrected chi connectivity index (χ0v) is 34.5. The molecule has 0 aliphatic rings. The lowest BCUT2D eigenvalue weighted by Crippen LogP contribution is -2.03. The monoisotopic (exact) mass is 803 g/mol. The molecule has 0 amide bonds. The van der Waals surface area contributed by atoms with Crippen LogP contribution in [0.1, 0.15) is 0 Å². The summed E-state index contributed by atoms with van der Waals surface area (Å²) >= 11 is 0. The summed E-state index contributed by atoms with van der Waals surface area (Å²) in [6, 6.07) is 67.1. The number of rotatable bonds is 7. The first-order valence-electron chi connectivity index (χ1n) is 20.4. The predicted octanol–water partition coefficient (Wildman–Crippen LogP) is 13.3. The molecular weight excluding hydrogens is 766 g/mol. The Morgan fingerprint density at radius 2 is 0.918 bits per heavy atom. The van der Waals surface area contributed by atoms with Crippen LogP contribution in [-0.4, -0.2) is 37.8 Å². The lowest BCUT2D eigenvalue weighted by molar-refractivity contribution is 0.588. The fourth-order valence-corrected chi connectivity index (χ4v) is 9.39. The molecule has 0 aliphatic carbocycles. The van der Waals surface area contributed by atoms with Crippen molar-refractivity contribution in [3.63, 3.8) is 0 Å². The number of hydrogen-bond donors (Lipinski definition) is 0. The van der Waals surface area contributed by atoms with Crippen molar-refractivity contribution in [3.05, 3.63) is 194 Å². The van der Waals surface area contributed by atoms with Gasteiger partial charge in [0.2, 0.25) is 0 Å². The zero-order chi connectivity index (χ0) is 41.1. The molecule has 6 nitrogen and oxygen atoms in total. The van der Waals surface area contributed by atoms with Gasteiger partial charge in [0, 0.05) is 54.8 Å². The average Bonchev–Trinajstić information content (AvgIpc) is 3.66. The highest BCUT2D eigenvalue weighted by Crippen LogP contribution is 2.43. The summed E-state index contributed by atoms with van der Waals surface area (Å²) < 4.78 is 15.1. The van der Waals surface area contributed by atoms with Crippen molar-refractivity contribution in [3.8, 4) is 62.2 Å². The van der Waals surface area contributed by atoms with Gasteiger partial charge in [-0.3, -0.25) is 0 Å². The van der Waals surface area contributed by atoms with Crippen molar-refractivity contribution >= 4 is 55.9 Å². The molecule has 0 fully saturated rings. The van der Waals surface area contributed by atoms with E-state index in [1.807, 2.05) is 54.6 Å². The third kappa shape index (κ3) is 6.49. The summed E-state index contributed by atoms with van der Waals surface area (Å²) in [4.78, 5) is 20.3. The Labute approximate surface area is 353 Å². The molecular formula is C54H38N5OP. The quantitative estimate of drug-likeness (QED) is 0.118. The molecule has 0 bridgehead atoms. The summed E-state index contributed by atoms with van der Waals surface area (Å²) in [5.74, 6) is 1.73. The van der Waals surface area contributed by atoms with Gasteiger partial charge in [-0.15, -0.1) is 0 Å². The third-order valence-corrected chi connectivity index (χ3v) is 13.1. The Bertz CT molecular complexity index is 3490. The van der Waals surface area contributed by atoms with Gasteiger partial charge in [0.25, 0.3) is 0 Å². The molecule has 0 unspecified atom stereocenters. The van der Waals surface area contributed by atoms with Gasteiger partial charge in [-0.05, 0) is 66.2 Å². The summed E-state index contributed by atoms with van der Waals surface area (Å²) in [7, 11) is -2.40. The Hall–Kier alpha value is -7.53. The van der Waals surface area contributed by atoms with Crippen LogP contribution in [0.5, 0.6) is 0 Å². The largest absolute Gasteiger partial charge is 0.319 e. The highest BCUT2D eigenvalue weighted by molar-refractivity contribution is 7.70. The minimum atomic E-state index is -2.40. The van der Waals surface area contributed by atoms with Gasteiger partial charge < -0.3 is 9.13 Å². The Kier molecular flexibility index (Phi) is 8.76. The van der Waals surface area contributed by atoms with Crippen molar-refractivity contribution < 1.29 is 4.57 Å². The van der Waals surface area contributed by atoms with Crippen LogP contribution in [-0.2, 0) is 4.57 Å². The van der Waals surface area contributed by atoms with Gasteiger partial charge in [0.1, 0.15) is 7.14 Å². The molecule has 0 N–H and O–H groups in total. The maximum absolute atomic E-state index is 12.8. The Balaban J connectivity index is 1.05. The molecule has 290 valence electrons. The minimum Gasteiger partial charge on any atom is -0.319 e. The molecule has 0 aliphatic heterocycles. The molecule has 61 heavy (non-hydrogen) atoms. The molecule has 0 radical (unpaired) electrons. The number of fused-ring (bicyclic) bond motifs is 7. The lowest BCUT2D eigenvalue weighted by atomic mass is 9.94. The first kappa shape index (κ1) is 36.5. The maximum Gasteiger partial charge on any atom is 0.164 e. The van der Waals surface area contributed by atoms with E-state index in [2.05, 4.69) is 144 Å². The van der Waals surface area contributed by atoms with Crippen molar-refractivity contribution in [1.29, 1.82) is 0 Å². The second-order valence-corrected chi connectivity index (χ2v) is 19.0. The minimum absolute atomic E-state index is 0.561. The van der Waals surface area contributed by atoms with E-state index in [1.165, 1.54) is 10.8 Å². The van der Waals surface area contributed by atoms with Crippen molar-refractivity contribution in [1.82, 2.24) is 24.5 Å². The third-order valence-electron chi connectivity index (χ3n) is 11.5. The summed E-state index contributed by atoms with van der Waals surface area (Å²) in [5.41, 5.74) is 11.2. The van der Waals surface area contributed by atoms with Crippen LogP contribution in [0, 0.1) is 0 Å². The highest BCUT2D eigenvalue weighted by Gasteiger charge is 2.21. The van der Waals surface area contributed by atoms with Crippen molar-refractivity contribution in [2.24, 2.45) is 0 Å². The Morgan fingerprint density at radius 3 is 1.56 bits per heavy atom. The van der Waals surface area contributed by atoms with Crippen LogP contribution in [0.3, 0.4) is 0 Å². The number of hydrogen-bond acceptors (Lipinski definition) is 5. The van der Waals surface area contributed by atoms with E-state index in [-0.39, 0.29) is 0 Å². The Morgan fingerprint density at radius 1 is 0.393 bits per heavy atom. The molecule has 7 heteroatoms. The second-order valence-electron chi connectivity index (χ2n) is 15.8. The predicted molar refractivity (Wildman–Crippen MR) is 253 cm³/mol. The molecule has 0 spiro atoms. The molecule has 8 aromatic carbocycles. The van der Waals surface area contributed by atoms with E-state index >= 15 is 0 Å². The van der Waals surface area contributed by atoms with Crippen LogP contribution in [0.15, 0.2) is 194 Å². The van der Waals surface area contributed by atoms with Gasteiger partial charge >= 0.3 is 0 Å². The first-order chi connectivity index (χ1) is 29.9. The normalized spacial score (nSPS) is 11.8. The fourth-order valence-electron chi connectivity index (χ4n) is 8.53. The number of nitrogens with zero attached hydrogens (tertiary/aromatic N) is 5. The highest BCUT2D eigenvalue weighted by atomic mass is 31.2. The van der Waals surface area contributed by atoms with Gasteiger partial charge in [-0.1, -0.05) is 158 Å². The van der Waals surface area contributed by atoms with E-state index in [9.17, 15) is 4.57 Å². The van der Waals surface area contributed by atoms with Crippen LogP contribution >= 0.6 is 7.14 Å². The topological polar surface area (TPSA) is 73.6 Å². The van der Waals surface area contributed by atoms with Gasteiger partial charge in [0.05, 0.1) is 22.2 Å². The van der Waals surface area contributed by atoms with E-state index < -0.39 is 7.14 Å². The second kappa shape index (κ2) is 14.6. The average molecular weight is 804 g/mol. The maximum atomic E-state index is 12.8. The van der Waals surface area contributed by atoms with Gasteiger partial charge in [-0.25, -0.2) is 19.9 Å². The molecule has 0 atom stereocenters. The summed E-state index contributed by atoms with van der Waals surface area (Å²) in [5, 5.41) is 6.60. The van der Waals surface area contributed by atoms with Crippen LogP contribution in [0.25, 0.3) is 106 Å². The number of aromatic nitrogens is 5. The molecule has 11 aromatic rings. The van der Waals surface area contributed by atoms with E-state index in [4.69, 9.17) is 19.9 Å². The van der Waals surface area contributed by atoms with E-state index in [1.54, 1.807) is 13.3 Å². The van der Waals surface area contributed by atoms with E-state index in [0.717, 1.165) is 82.8 Å². The lowest BCUT2D eigenvalue weighted by Gasteiger charge is -2.14. The van der Waals surface area contributed by atoms with Crippen molar-refractivity contribution in [2.75, 3.05) is 13.3 Å². The van der Waals surface area contributed by atoms with Crippen LogP contribution < -0.4 is 5.30 Å². The van der Waals surface area contributed by atoms with Crippen LogP contribution in [0.2, 0.25) is 0 Å². The number of pyridine rings is 1. The number of benzene rings is 8. The molecule has 11 rings (SSSR count). The van der Waals surface area contributed by atoms with Crippen molar-refractivity contribution in [2.45, 2.75) is 0 Å². The fraction of sp³-hybridized carbons (Fsp3) is 0.0370. The van der Waals surface area contributed by atoms with E-state index in [0.29, 0.717) is 17.5 Å². The molecule has 3 heterocycles. The first-order valence-corrected chi connectivity index (χ1v) is 23.0. The van der Waals surface area contributed by atoms with Crippen LogP contribution in [0.4, 0.5) is 0 Å². The summed E-state index contributed by atoms with van der Waals surface area (Å²) in [6.45, 7) is 3.56. The standard InChI is InChI=1S/C54H38N5OP/c1-61(2,60)42-29-26-39(27-30-42)54-57-52(37-16-8-4-9-17-37)56-53(58-54)38-24-22-35(23-25-38)40-28-32-46-45(34-40)43-31-33-48-49(50(43)51(55-46)36-14-6-3-7-15-36)44-20-12-13-21-47(44)59(48)41-18-10-5-11-19-41/h3-34H,1-2H3. The number of para-hydroxylation sites is 2. The van der Waals surface area contributed by atoms with Gasteiger partial charge in [-0.2, -0.15) is 0 Å². The molecule has 0 saturated heterocycles.